The summed E-state index contributed by atoms with van der Waals surface area (Å²) in [6, 6.07) is 5.64. The maximum Gasteiger partial charge on any atom is 0.351 e. The van der Waals surface area contributed by atoms with E-state index >= 15 is 0 Å². The van der Waals surface area contributed by atoms with Crippen molar-refractivity contribution in [2.45, 2.75) is 46.3 Å². The molecule has 2 N–H and O–H groups in total. The topological polar surface area (TPSA) is 84.9 Å². The Balaban J connectivity index is 3.10. The average Bonchev–Trinajstić information content (AvgIpc) is 2.55. The third kappa shape index (κ3) is 8.09. The molecule has 8 heteroatoms. The van der Waals surface area contributed by atoms with Gasteiger partial charge in [0, 0.05) is 6.42 Å². The van der Waals surface area contributed by atoms with E-state index < -0.39 is 25.2 Å². The maximum absolute atomic E-state index is 13.3. The second kappa shape index (κ2) is 11.5. The lowest BCUT2D eigenvalue weighted by atomic mass is 9.94. The largest absolute Gasteiger partial charge is 0.481 e. The van der Waals surface area contributed by atoms with Gasteiger partial charge in [0.25, 0.3) is 0 Å². The van der Waals surface area contributed by atoms with Crippen LogP contribution in [-0.2, 0) is 18.4 Å². The van der Waals surface area contributed by atoms with Gasteiger partial charge in [-0.05, 0) is 56.3 Å². The lowest BCUT2D eigenvalue weighted by molar-refractivity contribution is -0.138. The molecule has 0 aliphatic carbocycles. The highest BCUT2D eigenvalue weighted by Gasteiger charge is 2.37. The van der Waals surface area contributed by atoms with Gasteiger partial charge in [-0.1, -0.05) is 26.0 Å². The number of carboxylic acids is 1. The average molecular weight is 403 g/mol. The van der Waals surface area contributed by atoms with Crippen LogP contribution in [0.5, 0.6) is 0 Å². The summed E-state index contributed by atoms with van der Waals surface area (Å²) in [6.45, 7) is 8.22. The molecule has 27 heavy (non-hydrogen) atoms. The molecule has 0 amide bonds. The monoisotopic (exact) mass is 403 g/mol. The molecule has 0 aliphatic rings. The van der Waals surface area contributed by atoms with Crippen molar-refractivity contribution < 1.29 is 27.9 Å². The van der Waals surface area contributed by atoms with Crippen LogP contribution in [0, 0.1) is 17.7 Å². The molecule has 0 saturated heterocycles. The third-order valence-electron chi connectivity index (χ3n) is 3.99. The minimum atomic E-state index is -3.57. The van der Waals surface area contributed by atoms with Gasteiger partial charge in [-0.15, -0.1) is 0 Å². The molecule has 0 saturated carbocycles. The molecule has 154 valence electrons. The van der Waals surface area contributed by atoms with Crippen molar-refractivity contribution >= 4 is 13.6 Å². The van der Waals surface area contributed by atoms with E-state index in [2.05, 4.69) is 5.32 Å². The molecule has 1 aromatic carbocycles. The van der Waals surface area contributed by atoms with E-state index in [1.807, 2.05) is 13.8 Å². The lowest BCUT2D eigenvalue weighted by Crippen LogP contribution is -2.30. The van der Waals surface area contributed by atoms with Gasteiger partial charge in [0.05, 0.1) is 13.2 Å². The third-order valence-corrected chi connectivity index (χ3v) is 6.34. The Labute approximate surface area is 161 Å². The number of rotatable bonds is 13. The predicted octanol–water partition coefficient (Wildman–Crippen LogP) is 4.82. The zero-order valence-electron chi connectivity index (χ0n) is 16.5. The van der Waals surface area contributed by atoms with E-state index in [1.165, 1.54) is 24.3 Å². The van der Waals surface area contributed by atoms with Crippen LogP contribution >= 0.6 is 7.60 Å². The second-order valence-corrected chi connectivity index (χ2v) is 8.94. The zero-order chi connectivity index (χ0) is 20.4. The first-order valence-corrected chi connectivity index (χ1v) is 10.9. The highest BCUT2D eigenvalue weighted by atomic mass is 31.2. The molecule has 1 rings (SSSR count). The van der Waals surface area contributed by atoms with Crippen molar-refractivity contribution in [3.05, 3.63) is 35.6 Å². The number of hydrogen-bond donors (Lipinski definition) is 2. The normalized spacial score (nSPS) is 14.3. The number of aliphatic carboxylic acids is 1. The van der Waals surface area contributed by atoms with E-state index in [-0.39, 0.29) is 25.6 Å². The fourth-order valence-corrected chi connectivity index (χ4v) is 4.99. The first-order chi connectivity index (χ1) is 12.7. The van der Waals surface area contributed by atoms with Gasteiger partial charge < -0.3 is 14.2 Å². The summed E-state index contributed by atoms with van der Waals surface area (Å²) in [5, 5.41) is 12.3. The van der Waals surface area contributed by atoms with E-state index in [0.717, 1.165) is 0 Å². The Bertz CT molecular complexity index is 613. The Kier molecular flexibility index (Phi) is 10.2. The smallest absolute Gasteiger partial charge is 0.351 e. The number of carbonyl (C=O) groups is 1. The number of carboxylic acid groups (broad SMARTS) is 1. The standard InChI is InChI=1S/C19H31FNO5P/c1-5-25-27(24,26-6-2)19(16-7-9-17(20)10-8-16)21-13-15(11-14(3)4)12-18(22)23/h7-10,14-15,19,21H,5-6,11-13H2,1-4H3,(H,22,23). The zero-order valence-corrected chi connectivity index (χ0v) is 17.4. The molecule has 6 nitrogen and oxygen atoms in total. The molecule has 0 aliphatic heterocycles. The van der Waals surface area contributed by atoms with Crippen molar-refractivity contribution in [1.29, 1.82) is 0 Å². The minimum Gasteiger partial charge on any atom is -0.481 e. The molecule has 0 fully saturated rings. The van der Waals surface area contributed by atoms with Crippen LogP contribution < -0.4 is 5.32 Å². The van der Waals surface area contributed by atoms with E-state index in [0.29, 0.717) is 24.4 Å². The summed E-state index contributed by atoms with van der Waals surface area (Å²) in [5.74, 6) is -1.89. The molecule has 2 atom stereocenters. The number of nitrogens with one attached hydrogen (secondary N) is 1. The number of benzene rings is 1. The summed E-state index contributed by atoms with van der Waals surface area (Å²) < 4.78 is 37.6. The first kappa shape index (κ1) is 23.8. The molecule has 0 spiro atoms. The van der Waals surface area contributed by atoms with Crippen LogP contribution in [0.15, 0.2) is 24.3 Å². The Morgan fingerprint density at radius 1 is 1.19 bits per heavy atom. The van der Waals surface area contributed by atoms with Crippen LogP contribution in [0.1, 0.15) is 51.9 Å². The quantitative estimate of drug-likeness (QED) is 0.460. The van der Waals surface area contributed by atoms with Crippen molar-refractivity contribution in [2.24, 2.45) is 11.8 Å². The van der Waals surface area contributed by atoms with Gasteiger partial charge in [0.1, 0.15) is 11.6 Å². The summed E-state index contributed by atoms with van der Waals surface area (Å²) in [7, 11) is -3.57. The Hall–Kier alpha value is -1.27. The van der Waals surface area contributed by atoms with E-state index in [9.17, 15) is 13.8 Å². The predicted molar refractivity (Wildman–Crippen MR) is 103 cm³/mol. The van der Waals surface area contributed by atoms with Gasteiger partial charge in [0.2, 0.25) is 0 Å². The molecular weight excluding hydrogens is 372 g/mol. The van der Waals surface area contributed by atoms with Crippen LogP contribution in [0.3, 0.4) is 0 Å². The molecule has 2 unspecified atom stereocenters. The van der Waals surface area contributed by atoms with Gasteiger partial charge >= 0.3 is 13.6 Å². The van der Waals surface area contributed by atoms with Gasteiger partial charge in [-0.2, -0.15) is 0 Å². The molecule has 0 radical (unpaired) electrons. The fourth-order valence-electron chi connectivity index (χ4n) is 3.03. The molecular formula is C19H31FNO5P. The van der Waals surface area contributed by atoms with Crippen LogP contribution in [0.2, 0.25) is 0 Å². The summed E-state index contributed by atoms with van der Waals surface area (Å²) in [5.41, 5.74) is 0.570. The van der Waals surface area contributed by atoms with Crippen LogP contribution in [-0.4, -0.2) is 30.8 Å². The second-order valence-electron chi connectivity index (χ2n) is 6.83. The number of halogens is 1. The Morgan fingerprint density at radius 2 is 1.74 bits per heavy atom. The van der Waals surface area contributed by atoms with E-state index in [4.69, 9.17) is 14.2 Å². The van der Waals surface area contributed by atoms with Crippen molar-refractivity contribution in [3.8, 4) is 0 Å². The summed E-state index contributed by atoms with van der Waals surface area (Å²) in [6.07, 6.45) is 0.720. The van der Waals surface area contributed by atoms with Gasteiger partial charge in [-0.25, -0.2) is 4.39 Å². The molecule has 0 bridgehead atoms. The molecule has 0 heterocycles. The molecule has 0 aromatic heterocycles. The highest BCUT2D eigenvalue weighted by molar-refractivity contribution is 7.54. The van der Waals surface area contributed by atoms with Crippen molar-refractivity contribution in [1.82, 2.24) is 5.32 Å². The van der Waals surface area contributed by atoms with E-state index in [1.54, 1.807) is 13.8 Å². The summed E-state index contributed by atoms with van der Waals surface area (Å²) in [4.78, 5) is 11.2. The lowest BCUT2D eigenvalue weighted by Gasteiger charge is -2.29. The summed E-state index contributed by atoms with van der Waals surface area (Å²) >= 11 is 0. The Morgan fingerprint density at radius 3 is 2.19 bits per heavy atom. The van der Waals surface area contributed by atoms with Crippen molar-refractivity contribution in [3.63, 3.8) is 0 Å². The van der Waals surface area contributed by atoms with Gasteiger partial charge in [-0.3, -0.25) is 14.7 Å². The number of hydrogen-bond acceptors (Lipinski definition) is 5. The first-order valence-electron chi connectivity index (χ1n) is 9.31. The highest BCUT2D eigenvalue weighted by Crippen LogP contribution is 2.59. The SMILES string of the molecule is CCOP(=O)(OCC)C(NCC(CC(=O)O)CC(C)C)c1ccc(F)cc1. The minimum absolute atomic E-state index is 0.00882. The van der Waals surface area contributed by atoms with Crippen molar-refractivity contribution in [2.75, 3.05) is 19.8 Å². The molecule has 1 aromatic rings. The van der Waals surface area contributed by atoms with Gasteiger partial charge in [0.15, 0.2) is 0 Å². The van der Waals surface area contributed by atoms with Crippen LogP contribution in [0.25, 0.3) is 0 Å². The maximum atomic E-state index is 13.3. The van der Waals surface area contributed by atoms with Crippen LogP contribution in [0.4, 0.5) is 4.39 Å². The fraction of sp³-hybridized carbons (Fsp3) is 0.632.